The number of amides is 2. The lowest BCUT2D eigenvalue weighted by Crippen LogP contribution is -2.41. The van der Waals surface area contributed by atoms with Crippen molar-refractivity contribution in [1.82, 2.24) is 4.90 Å². The van der Waals surface area contributed by atoms with Crippen LogP contribution in [-0.4, -0.2) is 34.6 Å². The van der Waals surface area contributed by atoms with E-state index >= 15 is 0 Å². The van der Waals surface area contributed by atoms with Gasteiger partial charge in [0.1, 0.15) is 0 Å². The Kier molecular flexibility index (Phi) is 4.83. The van der Waals surface area contributed by atoms with Crippen molar-refractivity contribution in [3.05, 3.63) is 29.3 Å². The van der Waals surface area contributed by atoms with Crippen molar-refractivity contribution in [2.75, 3.05) is 11.9 Å². The molecule has 0 aliphatic carbocycles. The Hall–Kier alpha value is -2.04. The Morgan fingerprint density at radius 2 is 2.05 bits per heavy atom. The van der Waals surface area contributed by atoms with E-state index in [0.29, 0.717) is 11.3 Å². The number of carboxylic acid groups (broad SMARTS) is 1. The van der Waals surface area contributed by atoms with Gasteiger partial charge >= 0.3 is 12.0 Å². The molecule has 2 rings (SSSR count). The first kappa shape index (κ1) is 15.4. The van der Waals surface area contributed by atoms with Gasteiger partial charge in [-0.1, -0.05) is 25.0 Å². The number of benzene rings is 1. The van der Waals surface area contributed by atoms with Gasteiger partial charge in [-0.2, -0.15) is 0 Å². The van der Waals surface area contributed by atoms with Gasteiger partial charge in [0.05, 0.1) is 11.3 Å². The van der Waals surface area contributed by atoms with Gasteiger partial charge in [-0.05, 0) is 38.3 Å². The van der Waals surface area contributed by atoms with Crippen LogP contribution < -0.4 is 5.32 Å². The first-order valence-electron chi connectivity index (χ1n) is 7.41. The van der Waals surface area contributed by atoms with Crippen LogP contribution in [0.15, 0.2) is 18.2 Å². The molecule has 1 heterocycles. The molecule has 1 aromatic rings. The van der Waals surface area contributed by atoms with Crippen LogP contribution in [0.4, 0.5) is 10.5 Å². The minimum Gasteiger partial charge on any atom is -0.478 e. The molecule has 21 heavy (non-hydrogen) atoms. The first-order valence-corrected chi connectivity index (χ1v) is 7.41. The Balaban J connectivity index is 2.19. The topological polar surface area (TPSA) is 69.6 Å². The number of carboxylic acids is 1. The van der Waals surface area contributed by atoms with Crippen molar-refractivity contribution in [1.29, 1.82) is 0 Å². The van der Waals surface area contributed by atoms with E-state index in [1.807, 2.05) is 6.92 Å². The number of nitrogens with zero attached hydrogens (tertiary/aromatic N) is 1. The smallest absolute Gasteiger partial charge is 0.338 e. The third-order valence-electron chi connectivity index (χ3n) is 4.04. The van der Waals surface area contributed by atoms with Gasteiger partial charge in [0.2, 0.25) is 0 Å². The third kappa shape index (κ3) is 3.54. The van der Waals surface area contributed by atoms with E-state index in [-0.39, 0.29) is 17.6 Å². The molecule has 1 aliphatic heterocycles. The Labute approximate surface area is 125 Å². The van der Waals surface area contributed by atoms with Crippen LogP contribution in [0.1, 0.15) is 48.5 Å². The maximum atomic E-state index is 12.4. The third-order valence-corrected chi connectivity index (χ3v) is 4.04. The second kappa shape index (κ2) is 6.61. The molecule has 5 nitrogen and oxygen atoms in total. The first-order chi connectivity index (χ1) is 10.0. The summed E-state index contributed by atoms with van der Waals surface area (Å²) in [7, 11) is 0. The van der Waals surface area contributed by atoms with Crippen LogP contribution in [0.2, 0.25) is 0 Å². The van der Waals surface area contributed by atoms with Crippen molar-refractivity contribution < 1.29 is 14.7 Å². The molecule has 0 saturated carbocycles. The average molecular weight is 290 g/mol. The number of hydrogen-bond donors (Lipinski definition) is 2. The van der Waals surface area contributed by atoms with Crippen LogP contribution in [0.5, 0.6) is 0 Å². The summed E-state index contributed by atoms with van der Waals surface area (Å²) in [6.45, 7) is 4.49. The second-order valence-corrected chi connectivity index (χ2v) is 5.62. The van der Waals surface area contributed by atoms with Gasteiger partial charge in [-0.15, -0.1) is 0 Å². The lowest BCUT2D eigenvalue weighted by atomic mass is 10.1. The number of hydrogen-bond acceptors (Lipinski definition) is 2. The van der Waals surface area contributed by atoms with Crippen LogP contribution in [-0.2, 0) is 0 Å². The molecule has 114 valence electrons. The molecule has 5 heteroatoms. The maximum absolute atomic E-state index is 12.4. The molecule has 2 N–H and O–H groups in total. The number of aryl methyl sites for hydroxylation is 1. The summed E-state index contributed by atoms with van der Waals surface area (Å²) >= 11 is 0. The molecule has 1 atom stereocenters. The van der Waals surface area contributed by atoms with Gasteiger partial charge in [-0.25, -0.2) is 9.59 Å². The summed E-state index contributed by atoms with van der Waals surface area (Å²) in [5, 5.41) is 12.1. The quantitative estimate of drug-likeness (QED) is 0.876. The molecule has 2 amide bonds. The molecule has 1 saturated heterocycles. The highest BCUT2D eigenvalue weighted by atomic mass is 16.4. The zero-order chi connectivity index (χ0) is 15.4. The summed E-state index contributed by atoms with van der Waals surface area (Å²) in [5.74, 6) is -1.02. The largest absolute Gasteiger partial charge is 0.478 e. The highest BCUT2D eigenvalue weighted by molar-refractivity contribution is 6.01. The number of anilines is 1. The standard InChI is InChI=1S/C16H22N2O3/c1-11-7-6-9-13(14(11)15(19)20)17-16(21)18-10-5-3-4-8-12(18)2/h6-7,9,12H,3-5,8,10H2,1-2H3,(H,17,21)(H,19,20). The summed E-state index contributed by atoms with van der Waals surface area (Å²) in [5.41, 5.74) is 1.17. The normalized spacial score (nSPS) is 19.0. The molecular weight excluding hydrogens is 268 g/mol. The monoisotopic (exact) mass is 290 g/mol. The van der Waals surface area contributed by atoms with E-state index in [9.17, 15) is 14.7 Å². The SMILES string of the molecule is Cc1cccc(NC(=O)N2CCCCCC2C)c1C(=O)O. The molecule has 0 radical (unpaired) electrons. The fourth-order valence-electron chi connectivity index (χ4n) is 2.82. The number of rotatable bonds is 2. The van der Waals surface area contributed by atoms with E-state index in [4.69, 9.17) is 0 Å². The van der Waals surface area contributed by atoms with Gasteiger partial charge < -0.3 is 15.3 Å². The number of carbonyl (C=O) groups excluding carboxylic acids is 1. The van der Waals surface area contributed by atoms with Crippen molar-refractivity contribution >= 4 is 17.7 Å². The van der Waals surface area contributed by atoms with Crippen molar-refractivity contribution in [2.45, 2.75) is 45.6 Å². The summed E-state index contributed by atoms with van der Waals surface area (Å²) < 4.78 is 0. The molecule has 0 spiro atoms. The van der Waals surface area contributed by atoms with Crippen molar-refractivity contribution in [3.8, 4) is 0 Å². The fraction of sp³-hybridized carbons (Fsp3) is 0.500. The highest BCUT2D eigenvalue weighted by Crippen LogP contribution is 2.22. The molecule has 1 aliphatic rings. The summed E-state index contributed by atoms with van der Waals surface area (Å²) in [4.78, 5) is 25.6. The number of carbonyl (C=O) groups is 2. The van der Waals surface area contributed by atoms with E-state index in [1.54, 1.807) is 30.0 Å². The molecule has 1 aromatic carbocycles. The summed E-state index contributed by atoms with van der Waals surface area (Å²) in [6.07, 6.45) is 4.26. The predicted molar refractivity (Wildman–Crippen MR) is 81.8 cm³/mol. The van der Waals surface area contributed by atoms with Crippen LogP contribution >= 0.6 is 0 Å². The minimum atomic E-state index is -1.02. The molecule has 1 fully saturated rings. The maximum Gasteiger partial charge on any atom is 0.338 e. The van der Waals surface area contributed by atoms with Crippen molar-refractivity contribution in [2.24, 2.45) is 0 Å². The predicted octanol–water partition coefficient (Wildman–Crippen LogP) is 3.49. The van der Waals surface area contributed by atoms with Crippen LogP contribution in [0, 0.1) is 6.92 Å². The molecule has 0 aromatic heterocycles. The van der Waals surface area contributed by atoms with Crippen molar-refractivity contribution in [3.63, 3.8) is 0 Å². The molecule has 0 bridgehead atoms. The Bertz CT molecular complexity index is 542. The van der Waals surface area contributed by atoms with E-state index in [0.717, 1.165) is 32.2 Å². The van der Waals surface area contributed by atoms with Gasteiger partial charge in [0.25, 0.3) is 0 Å². The number of urea groups is 1. The van der Waals surface area contributed by atoms with E-state index in [2.05, 4.69) is 5.32 Å². The van der Waals surface area contributed by atoms with Crippen LogP contribution in [0.3, 0.4) is 0 Å². The van der Waals surface area contributed by atoms with Gasteiger partial charge in [-0.3, -0.25) is 0 Å². The summed E-state index contributed by atoms with van der Waals surface area (Å²) in [6, 6.07) is 5.09. The Morgan fingerprint density at radius 3 is 2.76 bits per heavy atom. The zero-order valence-corrected chi connectivity index (χ0v) is 12.6. The van der Waals surface area contributed by atoms with Gasteiger partial charge in [0, 0.05) is 12.6 Å². The van der Waals surface area contributed by atoms with E-state index in [1.165, 1.54) is 0 Å². The number of likely N-dealkylation sites (tertiary alicyclic amines) is 1. The number of aromatic carboxylic acids is 1. The number of nitrogens with one attached hydrogen (secondary N) is 1. The lowest BCUT2D eigenvalue weighted by Gasteiger charge is -2.27. The van der Waals surface area contributed by atoms with Gasteiger partial charge in [0.15, 0.2) is 0 Å². The lowest BCUT2D eigenvalue weighted by molar-refractivity contribution is 0.0697. The Morgan fingerprint density at radius 1 is 1.29 bits per heavy atom. The minimum absolute atomic E-state index is 0.160. The zero-order valence-electron chi connectivity index (χ0n) is 12.6. The van der Waals surface area contributed by atoms with Crippen LogP contribution in [0.25, 0.3) is 0 Å². The fourth-order valence-corrected chi connectivity index (χ4v) is 2.82. The highest BCUT2D eigenvalue weighted by Gasteiger charge is 2.23. The average Bonchev–Trinajstić information content (AvgIpc) is 2.63. The molecule has 1 unspecified atom stereocenters. The molecular formula is C16H22N2O3. The second-order valence-electron chi connectivity index (χ2n) is 5.62. The van der Waals surface area contributed by atoms with E-state index < -0.39 is 5.97 Å².